The summed E-state index contributed by atoms with van der Waals surface area (Å²) >= 11 is 6.30. The smallest absolute Gasteiger partial charge is 0.322 e. The molecule has 9 nitrogen and oxygen atoms in total. The number of hydrogen-bond acceptors (Lipinski definition) is 5. The number of likely N-dealkylation sites (tertiary alicyclic amines) is 2. The lowest BCUT2D eigenvalue weighted by molar-refractivity contribution is -0.143. The van der Waals surface area contributed by atoms with Gasteiger partial charge in [0, 0.05) is 75.0 Å². The molecule has 0 saturated carbocycles. The Balaban J connectivity index is 1.07. The van der Waals surface area contributed by atoms with Crippen molar-refractivity contribution in [2.75, 3.05) is 64.7 Å². The van der Waals surface area contributed by atoms with Crippen molar-refractivity contribution in [3.05, 3.63) is 64.2 Å². The van der Waals surface area contributed by atoms with Crippen LogP contribution < -0.4 is 5.32 Å². The summed E-state index contributed by atoms with van der Waals surface area (Å²) in [5.74, 6) is -0.316. The number of urea groups is 1. The monoisotopic (exact) mass is 634 g/mol. The van der Waals surface area contributed by atoms with Gasteiger partial charge in [-0.05, 0) is 88.0 Å². The Labute approximate surface area is 272 Å². The number of carbonyl (C=O) groups excluding carboxylic acids is 3. The van der Waals surface area contributed by atoms with E-state index in [1.165, 1.54) is 12.8 Å². The van der Waals surface area contributed by atoms with Crippen LogP contribution in [-0.2, 0) is 22.6 Å². The number of amides is 4. The average molecular weight is 635 g/mol. The van der Waals surface area contributed by atoms with Crippen LogP contribution in [-0.4, -0.2) is 114 Å². The molecule has 4 heterocycles. The van der Waals surface area contributed by atoms with E-state index >= 15 is 0 Å². The first-order valence-corrected chi connectivity index (χ1v) is 17.0. The molecule has 1 unspecified atom stereocenters. The SMILES string of the molecule is Cc1cc(CC(CC(=O)N2CCC(N3Cc4ccccc4NC3=O)CC2)C(=O)N2CCN(C3CCN(C)CC3)CC2)ccc1Cl. The van der Waals surface area contributed by atoms with Gasteiger partial charge in [-0.15, -0.1) is 0 Å². The summed E-state index contributed by atoms with van der Waals surface area (Å²) in [5.41, 5.74) is 4.00. The van der Waals surface area contributed by atoms with E-state index < -0.39 is 5.92 Å². The van der Waals surface area contributed by atoms with E-state index in [1.54, 1.807) is 0 Å². The minimum absolute atomic E-state index is 0.0240. The first-order chi connectivity index (χ1) is 21.7. The number of benzene rings is 2. The zero-order valence-electron chi connectivity index (χ0n) is 26.7. The van der Waals surface area contributed by atoms with E-state index in [0.717, 1.165) is 61.4 Å². The second-order valence-electron chi connectivity index (χ2n) is 13.4. The van der Waals surface area contributed by atoms with Gasteiger partial charge in [-0.3, -0.25) is 14.5 Å². The van der Waals surface area contributed by atoms with Crippen molar-refractivity contribution in [3.8, 4) is 0 Å². The number of hydrogen-bond donors (Lipinski definition) is 1. The fourth-order valence-corrected chi connectivity index (χ4v) is 7.69. The Bertz CT molecular complexity index is 1380. The van der Waals surface area contributed by atoms with Gasteiger partial charge in [0.05, 0.1) is 5.92 Å². The maximum absolute atomic E-state index is 14.0. The van der Waals surface area contributed by atoms with Crippen LogP contribution in [0.15, 0.2) is 42.5 Å². The molecule has 242 valence electrons. The predicted molar refractivity (Wildman–Crippen MR) is 177 cm³/mol. The van der Waals surface area contributed by atoms with Gasteiger partial charge in [0.15, 0.2) is 0 Å². The number of nitrogens with zero attached hydrogens (tertiary/aromatic N) is 5. The molecular weight excluding hydrogens is 588 g/mol. The summed E-state index contributed by atoms with van der Waals surface area (Å²) < 4.78 is 0. The van der Waals surface area contributed by atoms with E-state index in [-0.39, 0.29) is 30.3 Å². The maximum atomic E-state index is 14.0. The number of rotatable bonds is 7. The number of piperidine rings is 2. The fourth-order valence-electron chi connectivity index (χ4n) is 7.58. The Hall–Kier alpha value is -3.14. The van der Waals surface area contributed by atoms with E-state index in [9.17, 15) is 14.4 Å². The van der Waals surface area contributed by atoms with Crippen molar-refractivity contribution < 1.29 is 14.4 Å². The first-order valence-electron chi connectivity index (χ1n) is 16.6. The highest BCUT2D eigenvalue weighted by molar-refractivity contribution is 6.31. The van der Waals surface area contributed by atoms with Crippen LogP contribution in [0.1, 0.15) is 48.8 Å². The van der Waals surface area contributed by atoms with Crippen molar-refractivity contribution in [2.24, 2.45) is 5.92 Å². The predicted octanol–water partition coefficient (Wildman–Crippen LogP) is 4.47. The molecule has 0 aromatic heterocycles. The molecule has 4 aliphatic rings. The van der Waals surface area contributed by atoms with E-state index in [4.69, 9.17) is 11.6 Å². The number of para-hydroxylation sites is 1. The first kappa shape index (κ1) is 31.8. The Morgan fingerprint density at radius 2 is 1.58 bits per heavy atom. The number of fused-ring (bicyclic) bond motifs is 1. The third kappa shape index (κ3) is 7.47. The van der Waals surface area contributed by atoms with Crippen LogP contribution in [0.4, 0.5) is 10.5 Å². The summed E-state index contributed by atoms with van der Waals surface area (Å²) in [5, 5.41) is 3.72. The second kappa shape index (κ2) is 14.1. The molecule has 2 aromatic carbocycles. The Morgan fingerprint density at radius 1 is 0.889 bits per heavy atom. The van der Waals surface area contributed by atoms with Crippen molar-refractivity contribution in [2.45, 2.75) is 64.1 Å². The zero-order valence-corrected chi connectivity index (χ0v) is 27.5. The molecule has 45 heavy (non-hydrogen) atoms. The number of nitrogens with one attached hydrogen (secondary N) is 1. The molecule has 0 bridgehead atoms. The lowest BCUT2D eigenvalue weighted by Gasteiger charge is -2.43. The van der Waals surface area contributed by atoms with Crippen LogP contribution in [0.2, 0.25) is 5.02 Å². The molecule has 6 rings (SSSR count). The summed E-state index contributed by atoms with van der Waals surface area (Å²) in [4.78, 5) is 51.4. The third-order valence-corrected chi connectivity index (χ3v) is 10.8. The number of anilines is 1. The molecule has 1 atom stereocenters. The van der Waals surface area contributed by atoms with Gasteiger partial charge >= 0.3 is 6.03 Å². The highest BCUT2D eigenvalue weighted by atomic mass is 35.5. The maximum Gasteiger partial charge on any atom is 0.322 e. The van der Waals surface area contributed by atoms with Crippen molar-refractivity contribution >= 4 is 35.1 Å². The molecule has 4 amide bonds. The van der Waals surface area contributed by atoms with Crippen LogP contribution in [0.3, 0.4) is 0 Å². The lowest BCUT2D eigenvalue weighted by Crippen LogP contribution is -2.55. The van der Waals surface area contributed by atoms with Crippen LogP contribution >= 0.6 is 11.6 Å². The highest BCUT2D eigenvalue weighted by Gasteiger charge is 2.36. The number of piperazine rings is 1. The van der Waals surface area contributed by atoms with Crippen LogP contribution in [0.5, 0.6) is 0 Å². The van der Waals surface area contributed by atoms with Gasteiger partial charge in [-0.2, -0.15) is 0 Å². The fraction of sp³-hybridized carbons (Fsp3) is 0.571. The van der Waals surface area contributed by atoms with Crippen molar-refractivity contribution in [3.63, 3.8) is 0 Å². The molecule has 0 aliphatic carbocycles. The lowest BCUT2D eigenvalue weighted by atomic mass is 9.92. The zero-order chi connectivity index (χ0) is 31.5. The van der Waals surface area contributed by atoms with Gasteiger partial charge in [0.1, 0.15) is 0 Å². The van der Waals surface area contributed by atoms with Crippen molar-refractivity contribution in [1.29, 1.82) is 0 Å². The van der Waals surface area contributed by atoms with Crippen molar-refractivity contribution in [1.82, 2.24) is 24.5 Å². The van der Waals surface area contributed by atoms with Gasteiger partial charge in [0.2, 0.25) is 11.8 Å². The average Bonchev–Trinajstić information content (AvgIpc) is 3.06. The number of carbonyl (C=O) groups is 3. The summed E-state index contributed by atoms with van der Waals surface area (Å²) in [6, 6.07) is 14.4. The van der Waals surface area contributed by atoms with Gasteiger partial charge in [0.25, 0.3) is 0 Å². The van der Waals surface area contributed by atoms with E-state index in [0.29, 0.717) is 50.2 Å². The highest BCUT2D eigenvalue weighted by Crippen LogP contribution is 2.29. The molecule has 0 spiro atoms. The molecule has 1 N–H and O–H groups in total. The molecule has 0 radical (unpaired) electrons. The normalized spacial score (nSPS) is 21.4. The van der Waals surface area contributed by atoms with Gasteiger partial charge < -0.3 is 24.9 Å². The molecule has 10 heteroatoms. The van der Waals surface area contributed by atoms with Gasteiger partial charge in [-0.25, -0.2) is 4.79 Å². The quantitative estimate of drug-likeness (QED) is 0.486. The summed E-state index contributed by atoms with van der Waals surface area (Å²) in [6.45, 7) is 9.20. The van der Waals surface area contributed by atoms with Crippen LogP contribution in [0.25, 0.3) is 0 Å². The van der Waals surface area contributed by atoms with E-state index in [1.807, 2.05) is 64.1 Å². The minimum atomic E-state index is -0.421. The Kier molecular flexibility index (Phi) is 9.97. The molecule has 3 fully saturated rings. The minimum Gasteiger partial charge on any atom is -0.343 e. The topological polar surface area (TPSA) is 79.4 Å². The standard InChI is InChI=1S/C35H47ClN6O3/c1-25-21-26(7-8-31(25)36)22-28(34(44)41-19-17-39(18-20-41)29-9-13-38(2)14-10-29)23-33(43)40-15-11-30(12-16-40)42-24-27-5-3-4-6-32(27)37-35(42)45/h3-8,21,28-30H,9-20,22-24H2,1-2H3,(H,37,45). The molecule has 2 aromatic rings. The van der Waals surface area contributed by atoms with Crippen LogP contribution in [0, 0.1) is 12.8 Å². The third-order valence-electron chi connectivity index (χ3n) is 10.4. The van der Waals surface area contributed by atoms with E-state index in [2.05, 4.69) is 22.2 Å². The Morgan fingerprint density at radius 3 is 2.29 bits per heavy atom. The molecule has 3 saturated heterocycles. The summed E-state index contributed by atoms with van der Waals surface area (Å²) in [7, 11) is 2.19. The number of aryl methyl sites for hydroxylation is 1. The molecular formula is C35H47ClN6O3. The second-order valence-corrected chi connectivity index (χ2v) is 13.8. The number of halogens is 1. The largest absolute Gasteiger partial charge is 0.343 e. The summed E-state index contributed by atoms with van der Waals surface area (Å²) in [6.07, 6.45) is 4.54. The van der Waals surface area contributed by atoms with Gasteiger partial charge in [-0.1, -0.05) is 41.9 Å². The molecule has 4 aliphatic heterocycles.